The van der Waals surface area contributed by atoms with Gasteiger partial charge in [-0.3, -0.25) is 0 Å². The van der Waals surface area contributed by atoms with E-state index in [4.69, 9.17) is 11.6 Å². The minimum atomic E-state index is 0.804. The van der Waals surface area contributed by atoms with Gasteiger partial charge >= 0.3 is 0 Å². The average Bonchev–Trinajstić information content (AvgIpc) is 2.80. The topological polar surface area (TPSA) is 3.24 Å². The Morgan fingerprint density at radius 2 is 1.71 bits per heavy atom. The molecule has 1 aliphatic rings. The third-order valence-corrected chi connectivity index (χ3v) is 4.04. The molecule has 1 aliphatic carbocycles. The first-order valence-electron chi connectivity index (χ1n) is 7.54. The van der Waals surface area contributed by atoms with Crippen molar-refractivity contribution in [3.8, 4) is 0 Å². The van der Waals surface area contributed by atoms with Crippen molar-refractivity contribution in [1.29, 1.82) is 0 Å². The first-order valence-corrected chi connectivity index (χ1v) is 8.07. The molecule has 0 aliphatic heterocycles. The zero-order valence-corrected chi connectivity index (χ0v) is 12.5. The number of nitrogens with zero attached hydrogens (tertiary/aromatic N) is 1. The van der Waals surface area contributed by atoms with Crippen LogP contribution in [0.15, 0.2) is 0 Å². The Kier molecular flexibility index (Phi) is 8.30. The van der Waals surface area contributed by atoms with Crippen LogP contribution in [0.1, 0.15) is 65.2 Å². The molecule has 0 N–H and O–H groups in total. The summed E-state index contributed by atoms with van der Waals surface area (Å²) in [6.07, 6.45) is 11.0. The van der Waals surface area contributed by atoms with E-state index in [9.17, 15) is 0 Å². The van der Waals surface area contributed by atoms with Gasteiger partial charge in [0.15, 0.2) is 0 Å². The zero-order valence-electron chi connectivity index (χ0n) is 11.8. The summed E-state index contributed by atoms with van der Waals surface area (Å²) in [4.78, 5) is 2.76. The molecule has 1 rings (SSSR count). The molecule has 0 radical (unpaired) electrons. The molecule has 17 heavy (non-hydrogen) atoms. The van der Waals surface area contributed by atoms with Crippen molar-refractivity contribution in [3.05, 3.63) is 0 Å². The smallest absolute Gasteiger partial charge is 0.0223 e. The predicted octanol–water partition coefficient (Wildman–Crippen LogP) is 4.69. The first kappa shape index (κ1) is 15.3. The van der Waals surface area contributed by atoms with Crippen LogP contribution in [0.3, 0.4) is 0 Å². The third kappa shape index (κ3) is 6.67. The van der Waals surface area contributed by atoms with E-state index in [0.29, 0.717) is 0 Å². The Balaban J connectivity index is 2.20. The molecule has 0 aromatic heterocycles. The van der Waals surface area contributed by atoms with E-state index in [1.807, 2.05) is 0 Å². The quantitative estimate of drug-likeness (QED) is 0.429. The minimum absolute atomic E-state index is 0.804. The summed E-state index contributed by atoms with van der Waals surface area (Å²) >= 11 is 5.71. The largest absolute Gasteiger partial charge is 0.300 e. The van der Waals surface area contributed by atoms with Crippen LogP contribution in [0.25, 0.3) is 0 Å². The van der Waals surface area contributed by atoms with Crippen LogP contribution in [0, 0.1) is 5.92 Å². The Hall–Kier alpha value is 0.250. The molecule has 102 valence electrons. The molecule has 0 heterocycles. The van der Waals surface area contributed by atoms with Gasteiger partial charge in [0.05, 0.1) is 0 Å². The van der Waals surface area contributed by atoms with Crippen LogP contribution in [0.5, 0.6) is 0 Å². The maximum absolute atomic E-state index is 5.71. The lowest BCUT2D eigenvalue weighted by Crippen LogP contribution is -2.37. The summed E-state index contributed by atoms with van der Waals surface area (Å²) in [5.74, 6) is 1.64. The molecule has 0 atom stereocenters. The van der Waals surface area contributed by atoms with Crippen LogP contribution in [-0.2, 0) is 0 Å². The molecular formula is C15H30ClN. The molecule has 0 bridgehead atoms. The van der Waals surface area contributed by atoms with Crippen molar-refractivity contribution in [2.45, 2.75) is 71.3 Å². The van der Waals surface area contributed by atoms with E-state index >= 15 is 0 Å². The average molecular weight is 260 g/mol. The van der Waals surface area contributed by atoms with Crippen molar-refractivity contribution in [2.75, 3.05) is 19.0 Å². The van der Waals surface area contributed by atoms with E-state index < -0.39 is 0 Å². The van der Waals surface area contributed by atoms with Crippen molar-refractivity contribution in [3.63, 3.8) is 0 Å². The van der Waals surface area contributed by atoms with Crippen LogP contribution < -0.4 is 0 Å². The second-order valence-electron chi connectivity index (χ2n) is 5.93. The van der Waals surface area contributed by atoms with Gasteiger partial charge in [-0.25, -0.2) is 0 Å². The van der Waals surface area contributed by atoms with E-state index in [1.54, 1.807) is 0 Å². The molecule has 0 spiro atoms. The number of rotatable bonds is 9. The van der Waals surface area contributed by atoms with E-state index in [1.165, 1.54) is 64.5 Å². The van der Waals surface area contributed by atoms with Gasteiger partial charge in [-0.1, -0.05) is 39.5 Å². The second kappa shape index (κ2) is 9.22. The fourth-order valence-electron chi connectivity index (χ4n) is 2.92. The highest BCUT2D eigenvalue weighted by Crippen LogP contribution is 2.24. The maximum atomic E-state index is 5.71. The highest BCUT2D eigenvalue weighted by Gasteiger charge is 2.22. The third-order valence-electron chi connectivity index (χ3n) is 3.77. The monoisotopic (exact) mass is 259 g/mol. The predicted molar refractivity (Wildman–Crippen MR) is 77.9 cm³/mol. The van der Waals surface area contributed by atoms with Crippen LogP contribution in [0.2, 0.25) is 0 Å². The molecule has 1 fully saturated rings. The van der Waals surface area contributed by atoms with Gasteiger partial charge in [-0.05, 0) is 38.1 Å². The lowest BCUT2D eigenvalue weighted by Gasteiger charge is -2.30. The minimum Gasteiger partial charge on any atom is -0.300 e. The first-order chi connectivity index (χ1) is 8.24. The van der Waals surface area contributed by atoms with Gasteiger partial charge in [-0.15, -0.1) is 11.6 Å². The number of hydrogen-bond acceptors (Lipinski definition) is 1. The van der Waals surface area contributed by atoms with Gasteiger partial charge in [0.2, 0.25) is 0 Å². The lowest BCUT2D eigenvalue weighted by atomic mass is 10.1. The molecule has 0 amide bonds. The molecule has 0 aromatic carbocycles. The van der Waals surface area contributed by atoms with Crippen molar-refractivity contribution in [2.24, 2.45) is 5.92 Å². The summed E-state index contributed by atoms with van der Waals surface area (Å²) in [6, 6.07) is 0.894. The SMILES string of the molecule is CC(C)CN(CCCCCCCl)C1CCCC1. The number of unbranched alkanes of at least 4 members (excludes halogenated alkanes) is 3. The normalized spacial score (nSPS) is 17.5. The highest BCUT2D eigenvalue weighted by molar-refractivity contribution is 6.17. The van der Waals surface area contributed by atoms with Crippen molar-refractivity contribution < 1.29 is 0 Å². The summed E-state index contributed by atoms with van der Waals surface area (Å²) in [5, 5.41) is 0. The Morgan fingerprint density at radius 1 is 1.06 bits per heavy atom. The standard InChI is InChI=1S/C15H30ClN/c1-14(2)13-17(15-9-5-6-10-15)12-8-4-3-7-11-16/h14-15H,3-13H2,1-2H3. The Labute approximate surface area is 113 Å². The Bertz CT molecular complexity index is 176. The van der Waals surface area contributed by atoms with Gasteiger partial charge in [0.1, 0.15) is 0 Å². The van der Waals surface area contributed by atoms with E-state index in [2.05, 4.69) is 18.7 Å². The number of hydrogen-bond donors (Lipinski definition) is 0. The maximum Gasteiger partial charge on any atom is 0.0223 e. The molecule has 0 saturated heterocycles. The number of halogens is 1. The summed E-state index contributed by atoms with van der Waals surface area (Å²) in [5.41, 5.74) is 0. The molecule has 2 heteroatoms. The van der Waals surface area contributed by atoms with Crippen molar-refractivity contribution >= 4 is 11.6 Å². The van der Waals surface area contributed by atoms with Gasteiger partial charge in [0, 0.05) is 18.5 Å². The van der Waals surface area contributed by atoms with Gasteiger partial charge in [0.25, 0.3) is 0 Å². The van der Waals surface area contributed by atoms with E-state index in [0.717, 1.165) is 17.8 Å². The molecule has 1 nitrogen and oxygen atoms in total. The zero-order chi connectivity index (χ0) is 12.5. The fourth-order valence-corrected chi connectivity index (χ4v) is 3.11. The van der Waals surface area contributed by atoms with E-state index in [-0.39, 0.29) is 0 Å². The van der Waals surface area contributed by atoms with Crippen LogP contribution in [-0.4, -0.2) is 29.9 Å². The highest BCUT2D eigenvalue weighted by atomic mass is 35.5. The molecule has 1 saturated carbocycles. The lowest BCUT2D eigenvalue weighted by molar-refractivity contribution is 0.173. The molecule has 0 aromatic rings. The van der Waals surface area contributed by atoms with Crippen molar-refractivity contribution in [1.82, 2.24) is 4.90 Å². The van der Waals surface area contributed by atoms with Crippen LogP contribution >= 0.6 is 11.6 Å². The number of alkyl halides is 1. The molecule has 0 unspecified atom stereocenters. The summed E-state index contributed by atoms with van der Waals surface area (Å²) in [6.45, 7) is 7.29. The van der Waals surface area contributed by atoms with Gasteiger partial charge in [-0.2, -0.15) is 0 Å². The summed E-state index contributed by atoms with van der Waals surface area (Å²) in [7, 11) is 0. The summed E-state index contributed by atoms with van der Waals surface area (Å²) < 4.78 is 0. The van der Waals surface area contributed by atoms with Gasteiger partial charge < -0.3 is 4.90 Å². The second-order valence-corrected chi connectivity index (χ2v) is 6.31. The fraction of sp³-hybridized carbons (Fsp3) is 1.00. The Morgan fingerprint density at radius 3 is 2.29 bits per heavy atom. The van der Waals surface area contributed by atoms with Crippen LogP contribution in [0.4, 0.5) is 0 Å². The molecular weight excluding hydrogens is 230 g/mol.